The van der Waals surface area contributed by atoms with Crippen LogP contribution in [0.1, 0.15) is 39.2 Å². The zero-order chi connectivity index (χ0) is 62.8. The van der Waals surface area contributed by atoms with E-state index < -0.39 is 0 Å². The molecule has 2 aliphatic heterocycles. The molecule has 6 heterocycles. The number of thioether (sulfide) groups is 1. The number of anilines is 1. The van der Waals surface area contributed by atoms with E-state index in [9.17, 15) is 0 Å². The van der Waals surface area contributed by atoms with Crippen molar-refractivity contribution >= 4 is 121 Å². The predicted molar refractivity (Wildman–Crippen MR) is 399 cm³/mol. The van der Waals surface area contributed by atoms with Crippen LogP contribution in [0.3, 0.4) is 0 Å². The van der Waals surface area contributed by atoms with Crippen molar-refractivity contribution in [2.75, 3.05) is 4.90 Å². The molecule has 0 fully saturated rings. The summed E-state index contributed by atoms with van der Waals surface area (Å²) in [5, 5.41) is 11.5. The van der Waals surface area contributed by atoms with E-state index in [-0.39, 0.29) is 16.7 Å². The summed E-state index contributed by atoms with van der Waals surface area (Å²) in [6, 6.07) is 84.2. The molecular weight excluding hydrogens is 1190 g/mol. The van der Waals surface area contributed by atoms with Gasteiger partial charge in [0.05, 0.1) is 39.0 Å². The third kappa shape index (κ3) is 8.43. The lowest BCUT2D eigenvalue weighted by atomic mass is 9.79. The predicted octanol–water partition coefficient (Wildman–Crippen LogP) is 21.1. The van der Waals surface area contributed by atoms with Gasteiger partial charge in [0.2, 0.25) is 0 Å². The van der Waals surface area contributed by atoms with Crippen LogP contribution in [-0.4, -0.2) is 35.3 Å². The monoisotopic (exact) mass is 1250 g/mol. The quantitative estimate of drug-likeness (QED) is 0.158. The van der Waals surface area contributed by atoms with Gasteiger partial charge < -0.3 is 4.90 Å². The van der Waals surface area contributed by atoms with Gasteiger partial charge in [-0.3, -0.25) is 4.57 Å². The average molecular weight is 1250 g/mol. The molecule has 0 saturated carbocycles. The van der Waals surface area contributed by atoms with Gasteiger partial charge in [-0.2, -0.15) is 0 Å². The summed E-state index contributed by atoms with van der Waals surface area (Å²) in [5.41, 5.74) is 22.3. The highest BCUT2D eigenvalue weighted by Gasteiger charge is 2.50. The van der Waals surface area contributed by atoms with Gasteiger partial charge in [0.25, 0.3) is 0 Å². The van der Waals surface area contributed by atoms with Crippen molar-refractivity contribution in [3.05, 3.63) is 288 Å². The van der Waals surface area contributed by atoms with Crippen LogP contribution in [0.2, 0.25) is 0 Å². The number of fused-ring (bicyclic) bond motifs is 17. The molecule has 8 heteroatoms. The van der Waals surface area contributed by atoms with Gasteiger partial charge in [0.15, 0.2) is 11.6 Å². The summed E-state index contributed by atoms with van der Waals surface area (Å²) < 4.78 is 4.76. The van der Waals surface area contributed by atoms with Crippen LogP contribution in [-0.2, 0) is 0 Å². The zero-order valence-corrected chi connectivity index (χ0v) is 54.2. The highest BCUT2D eigenvalue weighted by molar-refractivity contribution is 8.01. The van der Waals surface area contributed by atoms with E-state index in [1.54, 1.807) is 0 Å². The molecule has 11 aromatic carbocycles. The molecule has 5 aliphatic rings. The largest absolute Gasteiger partial charge is 0.320 e. The second-order valence-electron chi connectivity index (χ2n) is 26.7. The third-order valence-corrected chi connectivity index (χ3v) is 23.3. The van der Waals surface area contributed by atoms with E-state index in [1.807, 2.05) is 23.1 Å². The molecule has 15 aromatic rings. The molecule has 450 valence electrons. The van der Waals surface area contributed by atoms with Crippen molar-refractivity contribution in [2.45, 2.75) is 49.3 Å². The number of hydrogen-bond acceptors (Lipinski definition) is 7. The number of allylic oxidation sites excluding steroid dienone is 4. The minimum Gasteiger partial charge on any atom is -0.320 e. The van der Waals surface area contributed by atoms with Gasteiger partial charge in [-0.15, -0.1) is 23.1 Å². The number of nitrogens with zero attached hydrogens (tertiary/aromatic N) is 6. The molecule has 0 radical (unpaired) electrons. The Hall–Kier alpha value is -10.8. The van der Waals surface area contributed by atoms with Gasteiger partial charge in [-0.1, -0.05) is 214 Å². The van der Waals surface area contributed by atoms with Crippen molar-refractivity contribution in [3.8, 4) is 61.7 Å². The van der Waals surface area contributed by atoms with E-state index in [2.05, 4.69) is 297 Å². The standard InChI is InChI=1S/C87H60N6S2/c1-50-33-39-63-66-46-68-79(94-77-41-38-54-20-7-8-25-61(54)80(68)77)48-75(66)92(74(63)43-50)85-82(88-70-29-9-11-31-72(70)90-85)55-36-34-53(35-37-55)56-21-14-23-58(44-56)60-26-16-27-64-62(60)40-42-78-81(64)69-47-67-65-28-13-17-51(2)84(65)93(76(67)49-87(69,3)95-78)86-83(89-71-30-10-12-32-73(71)91-86)59-24-15-22-57(45-59)52-18-5-4-6-19-52/h4-32,34-48,50-51,84H,33,49H2,1-3H3. The van der Waals surface area contributed by atoms with Crippen LogP contribution in [0.15, 0.2) is 277 Å². The Kier molecular flexibility index (Phi) is 12.0. The molecule has 95 heavy (non-hydrogen) atoms. The van der Waals surface area contributed by atoms with Crippen LogP contribution >= 0.6 is 23.1 Å². The molecule has 0 saturated heterocycles. The number of hydrogen-bond donors (Lipinski definition) is 0. The van der Waals surface area contributed by atoms with E-state index in [0.717, 1.165) is 91.3 Å². The Labute approximate surface area is 557 Å². The molecule has 0 N–H and O–H groups in total. The highest BCUT2D eigenvalue weighted by Crippen LogP contribution is 2.63. The van der Waals surface area contributed by atoms with Gasteiger partial charge >= 0.3 is 0 Å². The first-order valence-corrected chi connectivity index (χ1v) is 34.8. The normalized spacial score (nSPS) is 18.7. The summed E-state index contributed by atoms with van der Waals surface area (Å²) >= 11 is 3.89. The van der Waals surface area contributed by atoms with Gasteiger partial charge in [0.1, 0.15) is 11.4 Å². The van der Waals surface area contributed by atoms with Crippen molar-refractivity contribution < 1.29 is 0 Å². The Bertz CT molecular complexity index is 6150. The first kappa shape index (κ1) is 54.8. The molecule has 6 nitrogen and oxygen atoms in total. The third-order valence-electron chi connectivity index (χ3n) is 20.8. The van der Waals surface area contributed by atoms with Crippen molar-refractivity contribution in [2.24, 2.45) is 11.8 Å². The van der Waals surface area contributed by atoms with Crippen LogP contribution in [0.5, 0.6) is 0 Å². The number of para-hydroxylation sites is 4. The summed E-state index contributed by atoms with van der Waals surface area (Å²) in [4.78, 5) is 26.1. The van der Waals surface area contributed by atoms with Crippen LogP contribution in [0.4, 0.5) is 5.82 Å². The minimum atomic E-state index is -0.232. The molecule has 4 unspecified atom stereocenters. The maximum Gasteiger partial charge on any atom is 0.165 e. The lowest BCUT2D eigenvalue weighted by Gasteiger charge is -2.37. The Morgan fingerprint density at radius 3 is 1.97 bits per heavy atom. The average Bonchev–Trinajstić information content (AvgIpc) is 1.53. The number of rotatable bonds is 7. The maximum atomic E-state index is 5.63. The van der Waals surface area contributed by atoms with Gasteiger partial charge in [-0.25, -0.2) is 19.9 Å². The van der Waals surface area contributed by atoms with E-state index in [0.29, 0.717) is 5.92 Å². The summed E-state index contributed by atoms with van der Waals surface area (Å²) in [6.45, 7) is 7.14. The van der Waals surface area contributed by atoms with Crippen molar-refractivity contribution in [1.29, 1.82) is 0 Å². The smallest absolute Gasteiger partial charge is 0.165 e. The van der Waals surface area contributed by atoms with Crippen LogP contribution in [0.25, 0.3) is 154 Å². The SMILES string of the molecule is CC1C=c2c(c3cc4c(cc3n2-c2nc3ccccc3nc2-c2ccc(-c3cccc(-c5cccc6c7c(ccc56)SC5(C)CC6=C(C=C75)C5=CC=CC(C)C5N6c5nc6ccccc6nc5-c5cccc(-c6ccccc6)c5)c3)cc2)sc2ccc3ccccc3c24)=CC1. The Morgan fingerprint density at radius 2 is 1.17 bits per heavy atom. The number of benzene rings is 11. The van der Waals surface area contributed by atoms with E-state index >= 15 is 0 Å². The molecule has 4 aromatic heterocycles. The second kappa shape index (κ2) is 20.9. The highest BCUT2D eigenvalue weighted by atomic mass is 32.2. The summed E-state index contributed by atoms with van der Waals surface area (Å²) in [5.74, 6) is 2.37. The fourth-order valence-electron chi connectivity index (χ4n) is 16.3. The molecule has 3 aliphatic carbocycles. The molecular formula is C87H60N6S2. The Balaban J connectivity index is 0.675. The van der Waals surface area contributed by atoms with Gasteiger partial charge in [-0.05, 0) is 164 Å². The molecule has 0 bridgehead atoms. The van der Waals surface area contributed by atoms with Crippen LogP contribution < -0.4 is 15.5 Å². The lowest BCUT2D eigenvalue weighted by Crippen LogP contribution is -2.39. The molecule has 4 atom stereocenters. The lowest BCUT2D eigenvalue weighted by molar-refractivity contribution is 0.582. The first-order valence-electron chi connectivity index (χ1n) is 33.1. The summed E-state index contributed by atoms with van der Waals surface area (Å²) in [7, 11) is 0. The van der Waals surface area contributed by atoms with Gasteiger partial charge in [0, 0.05) is 69.2 Å². The van der Waals surface area contributed by atoms with Crippen molar-refractivity contribution in [3.63, 3.8) is 0 Å². The first-order chi connectivity index (χ1) is 46.7. The van der Waals surface area contributed by atoms with E-state index in [4.69, 9.17) is 19.9 Å². The van der Waals surface area contributed by atoms with E-state index in [1.165, 1.54) is 107 Å². The number of aromatic nitrogens is 5. The zero-order valence-electron chi connectivity index (χ0n) is 52.5. The maximum absolute atomic E-state index is 5.63. The Morgan fingerprint density at radius 1 is 0.516 bits per heavy atom. The fourth-order valence-corrected chi connectivity index (χ4v) is 18.9. The van der Waals surface area contributed by atoms with Crippen LogP contribution in [0, 0.1) is 11.8 Å². The topological polar surface area (TPSA) is 59.7 Å². The molecule has 0 spiro atoms. The molecule has 0 amide bonds. The molecule has 20 rings (SSSR count). The van der Waals surface area contributed by atoms with Crippen molar-refractivity contribution in [1.82, 2.24) is 24.5 Å². The fraction of sp³-hybridized carbons (Fsp3) is 0.103. The minimum absolute atomic E-state index is 0.0620. The number of thiophene rings is 1. The summed E-state index contributed by atoms with van der Waals surface area (Å²) in [6.07, 6.45) is 16.3. The second-order valence-corrected chi connectivity index (χ2v) is 29.3.